The molecular weight excluding hydrogens is 316 g/mol. The molecule has 0 amide bonds. The summed E-state index contributed by atoms with van der Waals surface area (Å²) in [6.07, 6.45) is 0.690. The highest BCUT2D eigenvalue weighted by Gasteiger charge is 2.16. The third kappa shape index (κ3) is 4.08. The van der Waals surface area contributed by atoms with Crippen LogP contribution in [0.1, 0.15) is 12.5 Å². The summed E-state index contributed by atoms with van der Waals surface area (Å²) in [6, 6.07) is 6.58. The van der Waals surface area contributed by atoms with Crippen LogP contribution in [0.4, 0.5) is 5.95 Å². The van der Waals surface area contributed by atoms with Crippen molar-refractivity contribution in [3.8, 4) is 6.01 Å². The molecule has 0 radical (unpaired) electrons. The Labute approximate surface area is 127 Å². The van der Waals surface area contributed by atoms with Gasteiger partial charge in [-0.05, 0) is 31.0 Å². The number of aryl methyl sites for hydroxylation is 1. The molecule has 0 saturated carbocycles. The van der Waals surface area contributed by atoms with E-state index in [0.717, 1.165) is 5.56 Å². The second-order valence-electron chi connectivity index (χ2n) is 4.09. The fourth-order valence-corrected chi connectivity index (χ4v) is 2.79. The number of benzene rings is 1. The van der Waals surface area contributed by atoms with E-state index in [2.05, 4.69) is 19.9 Å². The van der Waals surface area contributed by atoms with Crippen molar-refractivity contribution in [3.05, 3.63) is 29.8 Å². The first-order valence-corrected chi connectivity index (χ1v) is 8.30. The second-order valence-corrected chi connectivity index (χ2v) is 6.15. The molecule has 0 spiro atoms. The van der Waals surface area contributed by atoms with Crippen LogP contribution in [-0.4, -0.2) is 36.1 Å². The highest BCUT2D eigenvalue weighted by molar-refractivity contribution is 7.92. The molecule has 0 atom stereocenters. The molecule has 114 valence electrons. The van der Waals surface area contributed by atoms with Crippen molar-refractivity contribution in [1.29, 1.82) is 0 Å². The molecule has 9 heteroatoms. The zero-order valence-electron chi connectivity index (χ0n) is 11.3. The van der Waals surface area contributed by atoms with Crippen LogP contribution in [0.3, 0.4) is 0 Å². The van der Waals surface area contributed by atoms with Gasteiger partial charge in [0.05, 0.1) is 11.5 Å². The van der Waals surface area contributed by atoms with Gasteiger partial charge in [-0.25, -0.2) is 18.2 Å². The average Bonchev–Trinajstić information content (AvgIpc) is 2.87. The van der Waals surface area contributed by atoms with Crippen LogP contribution >= 0.6 is 11.6 Å². The van der Waals surface area contributed by atoms with Gasteiger partial charge in [0.1, 0.15) is 0 Å². The molecule has 0 fully saturated rings. The molecule has 0 saturated heterocycles. The number of aromatic amines is 1. The highest BCUT2D eigenvalue weighted by atomic mass is 35.5. The van der Waals surface area contributed by atoms with Crippen LogP contribution in [0.15, 0.2) is 29.2 Å². The van der Waals surface area contributed by atoms with E-state index in [4.69, 9.17) is 16.3 Å². The summed E-state index contributed by atoms with van der Waals surface area (Å²) in [5.74, 6) is 0.492. The molecule has 1 heterocycles. The van der Waals surface area contributed by atoms with Gasteiger partial charge in [0.15, 0.2) is 0 Å². The predicted molar refractivity (Wildman–Crippen MR) is 79.2 cm³/mol. The summed E-state index contributed by atoms with van der Waals surface area (Å²) in [7, 11) is -3.72. The lowest BCUT2D eigenvalue weighted by Crippen LogP contribution is -2.14. The molecule has 2 N–H and O–H groups in total. The molecule has 0 aliphatic rings. The molecule has 0 aliphatic carbocycles. The van der Waals surface area contributed by atoms with Crippen LogP contribution in [0.5, 0.6) is 6.01 Å². The number of aromatic nitrogens is 3. The zero-order chi connectivity index (χ0) is 15.3. The van der Waals surface area contributed by atoms with E-state index >= 15 is 0 Å². The quantitative estimate of drug-likeness (QED) is 0.754. The summed E-state index contributed by atoms with van der Waals surface area (Å²) >= 11 is 5.64. The lowest BCUT2D eigenvalue weighted by Gasteiger charge is -2.05. The Morgan fingerprint density at radius 1 is 1.33 bits per heavy atom. The number of nitrogens with zero attached hydrogens (tertiary/aromatic N) is 2. The van der Waals surface area contributed by atoms with E-state index in [1.54, 1.807) is 19.1 Å². The Morgan fingerprint density at radius 3 is 2.67 bits per heavy atom. The van der Waals surface area contributed by atoms with E-state index in [9.17, 15) is 8.42 Å². The van der Waals surface area contributed by atoms with Gasteiger partial charge in [-0.1, -0.05) is 12.1 Å². The first kappa shape index (κ1) is 15.6. The van der Waals surface area contributed by atoms with Gasteiger partial charge in [-0.2, -0.15) is 4.98 Å². The molecule has 0 aliphatic heterocycles. The Kier molecular flexibility index (Phi) is 5.03. The van der Waals surface area contributed by atoms with Gasteiger partial charge >= 0.3 is 6.01 Å². The largest absolute Gasteiger partial charge is 0.463 e. The van der Waals surface area contributed by atoms with Crippen LogP contribution in [0.25, 0.3) is 0 Å². The minimum Gasteiger partial charge on any atom is -0.463 e. The molecule has 7 nitrogen and oxygen atoms in total. The summed E-state index contributed by atoms with van der Waals surface area (Å²) < 4.78 is 31.7. The van der Waals surface area contributed by atoms with E-state index in [0.29, 0.717) is 18.9 Å². The number of hydrogen-bond acceptors (Lipinski definition) is 5. The van der Waals surface area contributed by atoms with Crippen molar-refractivity contribution in [2.24, 2.45) is 0 Å². The second kappa shape index (κ2) is 6.77. The standard InChI is InChI=1S/C12H15ClN4O3S/c1-2-20-12-14-11(15-16-12)17-21(18,19)10-5-3-9(4-6-10)7-8-13/h3-6H,2,7-8H2,1H3,(H2,14,15,16,17). The monoisotopic (exact) mass is 330 g/mol. The van der Waals surface area contributed by atoms with Gasteiger partial charge in [0, 0.05) is 5.88 Å². The van der Waals surface area contributed by atoms with Crippen molar-refractivity contribution < 1.29 is 13.2 Å². The highest BCUT2D eigenvalue weighted by Crippen LogP contribution is 2.15. The van der Waals surface area contributed by atoms with E-state index in [-0.39, 0.29) is 16.9 Å². The third-order valence-corrected chi connectivity index (χ3v) is 4.13. The molecule has 1 aromatic carbocycles. The van der Waals surface area contributed by atoms with Crippen LogP contribution in [0.2, 0.25) is 0 Å². The van der Waals surface area contributed by atoms with E-state index in [1.807, 2.05) is 0 Å². The maximum Gasteiger partial charge on any atom is 0.337 e. The number of H-pyrrole nitrogens is 1. The number of ether oxygens (including phenoxy) is 1. The first-order chi connectivity index (χ1) is 10.0. The minimum atomic E-state index is -3.72. The lowest BCUT2D eigenvalue weighted by atomic mass is 10.2. The van der Waals surface area contributed by atoms with Gasteiger partial charge in [-0.3, -0.25) is 0 Å². The molecular formula is C12H15ClN4O3S. The summed E-state index contributed by atoms with van der Waals surface area (Å²) in [4.78, 5) is 4.00. The summed E-state index contributed by atoms with van der Waals surface area (Å²) in [5.41, 5.74) is 0.974. The Balaban J connectivity index is 2.13. The van der Waals surface area contributed by atoms with Crippen molar-refractivity contribution in [3.63, 3.8) is 0 Å². The molecule has 21 heavy (non-hydrogen) atoms. The molecule has 0 unspecified atom stereocenters. The van der Waals surface area contributed by atoms with Gasteiger partial charge in [-0.15, -0.1) is 16.7 Å². The topological polar surface area (TPSA) is 97.0 Å². The number of alkyl halides is 1. The SMILES string of the molecule is CCOc1n[nH]c(NS(=O)(=O)c2ccc(CCCl)cc2)n1. The number of rotatable bonds is 7. The van der Waals surface area contributed by atoms with E-state index in [1.165, 1.54) is 12.1 Å². The average molecular weight is 331 g/mol. The first-order valence-electron chi connectivity index (χ1n) is 6.28. The number of nitrogens with one attached hydrogen (secondary N) is 2. The van der Waals surface area contributed by atoms with Crippen molar-refractivity contribution in [1.82, 2.24) is 15.2 Å². The Morgan fingerprint density at radius 2 is 2.05 bits per heavy atom. The molecule has 2 aromatic rings. The van der Waals surface area contributed by atoms with Crippen LogP contribution in [0, 0.1) is 0 Å². The number of halogens is 1. The normalized spacial score (nSPS) is 11.3. The van der Waals surface area contributed by atoms with Crippen molar-refractivity contribution in [2.45, 2.75) is 18.2 Å². The maximum atomic E-state index is 12.2. The van der Waals surface area contributed by atoms with Gasteiger partial charge < -0.3 is 4.74 Å². The molecule has 1 aromatic heterocycles. The fraction of sp³-hybridized carbons (Fsp3) is 0.333. The van der Waals surface area contributed by atoms with Crippen LogP contribution in [-0.2, 0) is 16.4 Å². The minimum absolute atomic E-state index is 0.00304. The van der Waals surface area contributed by atoms with Gasteiger partial charge in [0.2, 0.25) is 5.95 Å². The zero-order valence-corrected chi connectivity index (χ0v) is 12.9. The van der Waals surface area contributed by atoms with Crippen molar-refractivity contribution >= 4 is 27.6 Å². The Hall–Kier alpha value is -1.80. The predicted octanol–water partition coefficient (Wildman–Crippen LogP) is 1.79. The Bertz CT molecular complexity index is 685. The number of sulfonamides is 1. The van der Waals surface area contributed by atoms with Crippen molar-refractivity contribution in [2.75, 3.05) is 17.2 Å². The smallest absolute Gasteiger partial charge is 0.337 e. The van der Waals surface area contributed by atoms with Crippen LogP contribution < -0.4 is 9.46 Å². The number of anilines is 1. The third-order valence-electron chi connectivity index (χ3n) is 2.59. The number of hydrogen-bond donors (Lipinski definition) is 2. The lowest BCUT2D eigenvalue weighted by molar-refractivity contribution is 0.314. The molecule has 0 bridgehead atoms. The van der Waals surface area contributed by atoms with E-state index < -0.39 is 10.0 Å². The maximum absolute atomic E-state index is 12.2. The van der Waals surface area contributed by atoms with Gasteiger partial charge in [0.25, 0.3) is 10.0 Å². The summed E-state index contributed by atoms with van der Waals surface area (Å²) in [6.45, 7) is 2.18. The fourth-order valence-electron chi connectivity index (χ4n) is 1.62. The summed E-state index contributed by atoms with van der Waals surface area (Å²) in [5, 5.41) is 6.18. The molecule has 2 rings (SSSR count).